The highest BCUT2D eigenvalue weighted by Gasteiger charge is 2.79. The number of alkyl halides is 1. The van der Waals surface area contributed by atoms with Crippen LogP contribution in [0.3, 0.4) is 0 Å². The van der Waals surface area contributed by atoms with Crippen LogP contribution in [-0.2, 0) is 14.2 Å². The van der Waals surface area contributed by atoms with Gasteiger partial charge in [-0.1, -0.05) is 48.2 Å². The van der Waals surface area contributed by atoms with Crippen molar-refractivity contribution in [2.45, 2.75) is 50.9 Å². The van der Waals surface area contributed by atoms with Gasteiger partial charge in [-0.3, -0.25) is 0 Å². The summed E-state index contributed by atoms with van der Waals surface area (Å²) in [6.07, 6.45) is 6.68. The van der Waals surface area contributed by atoms with Gasteiger partial charge in [-0.05, 0) is 55.0 Å². The summed E-state index contributed by atoms with van der Waals surface area (Å²) < 4.78 is 20.9. The van der Waals surface area contributed by atoms with E-state index in [4.69, 9.17) is 26.4 Å². The first-order valence-electron chi connectivity index (χ1n) is 9.06. The lowest BCUT2D eigenvalue weighted by atomic mass is 9.46. The first kappa shape index (κ1) is 18.3. The van der Waals surface area contributed by atoms with Crippen molar-refractivity contribution in [1.29, 1.82) is 0 Å². The Bertz CT molecular complexity index is 536. The normalized spacial score (nSPS) is 45.3. The standard InChI is InChI=1S/C18H27IO3S2/c1-11(2)17(22-15(23)24-3)7-6-16(10-19)12-4-5-18(13(12)14(16)17)20-8-9-21-18/h11-14H,4-10H2,1-3H3/t12-,13+,14-,16-,17-/m1/s1. The topological polar surface area (TPSA) is 27.7 Å². The van der Waals surface area contributed by atoms with Crippen LogP contribution < -0.4 is 0 Å². The summed E-state index contributed by atoms with van der Waals surface area (Å²) in [5.41, 5.74) is 0.238. The first-order chi connectivity index (χ1) is 11.5. The average molecular weight is 482 g/mol. The lowest BCUT2D eigenvalue weighted by Crippen LogP contribution is -2.66. The van der Waals surface area contributed by atoms with Crippen LogP contribution in [0.25, 0.3) is 0 Å². The molecule has 4 aliphatic rings. The number of thioether (sulfide) groups is 1. The van der Waals surface area contributed by atoms with E-state index in [1.54, 1.807) is 11.8 Å². The van der Waals surface area contributed by atoms with Gasteiger partial charge in [-0.25, -0.2) is 0 Å². The van der Waals surface area contributed by atoms with Gasteiger partial charge in [0, 0.05) is 22.7 Å². The predicted molar refractivity (Wildman–Crippen MR) is 110 cm³/mol. The molecule has 3 aliphatic carbocycles. The molecule has 24 heavy (non-hydrogen) atoms. The van der Waals surface area contributed by atoms with Gasteiger partial charge in [0.15, 0.2) is 5.79 Å². The van der Waals surface area contributed by atoms with E-state index in [1.807, 2.05) is 6.26 Å². The van der Waals surface area contributed by atoms with Gasteiger partial charge in [0.2, 0.25) is 4.38 Å². The SMILES string of the molecule is CSC(=S)O[C@@]1(C(C)C)CC[C@@]2(CI)[C@@H]3CCC4(OCCO4)[C@@H]3[C@H]21. The van der Waals surface area contributed by atoms with E-state index in [0.717, 1.165) is 32.0 Å². The molecule has 0 unspecified atom stereocenters. The zero-order valence-corrected chi connectivity index (χ0v) is 18.5. The van der Waals surface area contributed by atoms with Crippen molar-refractivity contribution in [3.63, 3.8) is 0 Å². The van der Waals surface area contributed by atoms with Crippen molar-refractivity contribution >= 4 is 51.0 Å². The van der Waals surface area contributed by atoms with Crippen LogP contribution in [-0.4, -0.2) is 39.7 Å². The summed E-state index contributed by atoms with van der Waals surface area (Å²) in [7, 11) is 0. The number of halogens is 1. The molecule has 0 N–H and O–H groups in total. The van der Waals surface area contributed by atoms with Crippen molar-refractivity contribution in [1.82, 2.24) is 0 Å². The van der Waals surface area contributed by atoms with Crippen molar-refractivity contribution in [3.05, 3.63) is 0 Å². The van der Waals surface area contributed by atoms with Crippen molar-refractivity contribution < 1.29 is 14.2 Å². The molecule has 3 nitrogen and oxygen atoms in total. The zero-order valence-electron chi connectivity index (χ0n) is 14.7. The number of ether oxygens (including phenoxy) is 3. The monoisotopic (exact) mass is 482 g/mol. The molecule has 136 valence electrons. The third kappa shape index (κ3) is 2.18. The van der Waals surface area contributed by atoms with Crippen LogP contribution in [0, 0.1) is 29.1 Å². The number of rotatable bonds is 3. The van der Waals surface area contributed by atoms with Gasteiger partial charge < -0.3 is 14.2 Å². The Labute approximate surface area is 168 Å². The van der Waals surface area contributed by atoms with E-state index in [0.29, 0.717) is 27.6 Å². The number of fused-ring (bicyclic) bond motifs is 5. The van der Waals surface area contributed by atoms with E-state index in [9.17, 15) is 0 Å². The van der Waals surface area contributed by atoms with Gasteiger partial charge >= 0.3 is 0 Å². The Hall–Kier alpha value is 0.890. The molecule has 0 aromatic rings. The van der Waals surface area contributed by atoms with E-state index >= 15 is 0 Å². The maximum atomic E-state index is 6.56. The van der Waals surface area contributed by atoms with E-state index < -0.39 is 0 Å². The quantitative estimate of drug-likeness (QED) is 0.332. The van der Waals surface area contributed by atoms with E-state index in [2.05, 4.69) is 36.4 Å². The Morgan fingerprint density at radius 2 is 2.00 bits per heavy atom. The van der Waals surface area contributed by atoms with Gasteiger partial charge in [0.1, 0.15) is 5.60 Å². The number of hydrogen-bond acceptors (Lipinski definition) is 5. The summed E-state index contributed by atoms with van der Waals surface area (Å²) in [4.78, 5) is 0. The highest BCUT2D eigenvalue weighted by Crippen LogP contribution is 2.77. The minimum Gasteiger partial charge on any atom is -0.471 e. The fourth-order valence-corrected chi connectivity index (χ4v) is 8.27. The van der Waals surface area contributed by atoms with Crippen molar-refractivity contribution in [2.75, 3.05) is 23.9 Å². The van der Waals surface area contributed by atoms with E-state index in [-0.39, 0.29) is 11.4 Å². The summed E-state index contributed by atoms with van der Waals surface area (Å²) in [5, 5.41) is 0. The number of thiocarbonyl (C=S) groups is 1. The molecule has 0 aromatic heterocycles. The van der Waals surface area contributed by atoms with Crippen LogP contribution in [0.4, 0.5) is 0 Å². The third-order valence-corrected chi connectivity index (χ3v) is 9.83. The van der Waals surface area contributed by atoms with Crippen molar-refractivity contribution in [3.8, 4) is 0 Å². The smallest absolute Gasteiger partial charge is 0.220 e. The largest absolute Gasteiger partial charge is 0.471 e. The predicted octanol–water partition coefficient (Wildman–Crippen LogP) is 4.66. The molecule has 5 atom stereocenters. The number of hydrogen-bond donors (Lipinski definition) is 0. The molecule has 0 radical (unpaired) electrons. The molecule has 6 heteroatoms. The van der Waals surface area contributed by atoms with Crippen molar-refractivity contribution in [2.24, 2.45) is 29.1 Å². The van der Waals surface area contributed by atoms with Crippen LogP contribution in [0.2, 0.25) is 0 Å². The van der Waals surface area contributed by atoms with E-state index in [1.165, 1.54) is 17.3 Å². The minimum absolute atomic E-state index is 0.154. The molecule has 0 amide bonds. The van der Waals surface area contributed by atoms with Crippen LogP contribution in [0.1, 0.15) is 39.5 Å². The maximum Gasteiger partial charge on any atom is 0.220 e. The molecule has 1 aliphatic heterocycles. The van der Waals surface area contributed by atoms with Gasteiger partial charge in [0.05, 0.1) is 13.2 Å². The minimum atomic E-state index is -0.334. The highest BCUT2D eigenvalue weighted by molar-refractivity contribution is 14.1. The molecule has 4 rings (SSSR count). The summed E-state index contributed by atoms with van der Waals surface area (Å²) in [6.45, 7) is 6.09. The lowest BCUT2D eigenvalue weighted by Gasteiger charge is -2.62. The van der Waals surface area contributed by atoms with Crippen LogP contribution in [0.15, 0.2) is 0 Å². The van der Waals surface area contributed by atoms with Gasteiger partial charge in [-0.15, -0.1) is 0 Å². The summed E-state index contributed by atoms with van der Waals surface area (Å²) >= 11 is 9.66. The molecule has 1 saturated heterocycles. The fraction of sp³-hybridized carbons (Fsp3) is 0.944. The fourth-order valence-electron chi connectivity index (χ4n) is 6.46. The molecular formula is C18H27IO3S2. The molecule has 1 heterocycles. The van der Waals surface area contributed by atoms with Crippen LogP contribution >= 0.6 is 46.6 Å². The Morgan fingerprint density at radius 3 is 2.58 bits per heavy atom. The molecule has 0 bridgehead atoms. The average Bonchev–Trinajstić information content (AvgIpc) is 3.20. The summed E-state index contributed by atoms with van der Waals surface area (Å²) in [5.74, 6) is 1.81. The second-order valence-corrected chi connectivity index (χ2v) is 10.4. The van der Waals surface area contributed by atoms with Gasteiger partial charge in [-0.2, -0.15) is 0 Å². The zero-order chi connectivity index (χ0) is 17.2. The molecule has 1 spiro atoms. The second-order valence-electron chi connectivity index (χ2n) is 8.19. The third-order valence-electron chi connectivity index (χ3n) is 7.41. The van der Waals surface area contributed by atoms with Gasteiger partial charge in [0.25, 0.3) is 0 Å². The Kier molecular flexibility index (Phi) is 4.73. The Balaban J connectivity index is 1.74. The second kappa shape index (κ2) is 6.21. The lowest BCUT2D eigenvalue weighted by molar-refractivity contribution is -0.273. The molecule has 3 saturated carbocycles. The molecule has 0 aromatic carbocycles. The molecule has 4 fully saturated rings. The molecular weight excluding hydrogens is 455 g/mol. The Morgan fingerprint density at radius 1 is 1.29 bits per heavy atom. The summed E-state index contributed by atoms with van der Waals surface area (Å²) in [6, 6.07) is 0. The highest BCUT2D eigenvalue weighted by atomic mass is 127. The first-order valence-corrected chi connectivity index (χ1v) is 12.2. The maximum absolute atomic E-state index is 6.56. The van der Waals surface area contributed by atoms with Crippen LogP contribution in [0.5, 0.6) is 0 Å².